The number of unbranched alkanes of at least 4 members (excludes halogenated alkanes) is 2. The molecular formula is C22H28N2O4S. The molecule has 156 valence electrons. The predicted octanol–water partition coefficient (Wildman–Crippen LogP) is 4.66. The standard InChI is InChI=1S/C22H28N2O4S/c1-5-7-8-11-27-20(25)13-24-17-12-16(21-14(3)29-15(4)23-21)9-10-19(17)28-18(6-2)22(24)26/h9-10,12,18H,5-8,11,13H2,1-4H3. The van der Waals surface area contributed by atoms with Gasteiger partial charge in [0.25, 0.3) is 5.91 Å². The number of anilines is 1. The van der Waals surface area contributed by atoms with Crippen LogP contribution in [0.2, 0.25) is 0 Å². The van der Waals surface area contributed by atoms with Crippen molar-refractivity contribution in [3.63, 3.8) is 0 Å². The Morgan fingerprint density at radius 3 is 2.72 bits per heavy atom. The van der Waals surface area contributed by atoms with Gasteiger partial charge in [-0.3, -0.25) is 14.5 Å². The highest BCUT2D eigenvalue weighted by molar-refractivity contribution is 7.11. The van der Waals surface area contributed by atoms with Gasteiger partial charge >= 0.3 is 5.97 Å². The lowest BCUT2D eigenvalue weighted by molar-refractivity contribution is -0.143. The third-order valence-electron chi connectivity index (χ3n) is 4.91. The van der Waals surface area contributed by atoms with E-state index in [1.807, 2.05) is 39.0 Å². The van der Waals surface area contributed by atoms with Gasteiger partial charge in [-0.15, -0.1) is 11.3 Å². The van der Waals surface area contributed by atoms with Crippen LogP contribution in [0.15, 0.2) is 18.2 Å². The van der Waals surface area contributed by atoms with Crippen LogP contribution in [0.25, 0.3) is 11.3 Å². The number of fused-ring (bicyclic) bond motifs is 1. The second-order valence-corrected chi connectivity index (χ2v) is 8.59. The van der Waals surface area contributed by atoms with Crippen LogP contribution in [0, 0.1) is 13.8 Å². The first-order chi connectivity index (χ1) is 13.9. The summed E-state index contributed by atoms with van der Waals surface area (Å²) in [5.74, 6) is -0.0133. The second-order valence-electron chi connectivity index (χ2n) is 7.19. The lowest BCUT2D eigenvalue weighted by atomic mass is 10.1. The van der Waals surface area contributed by atoms with Gasteiger partial charge in [0.05, 0.1) is 23.0 Å². The molecule has 1 aliphatic rings. The average Bonchev–Trinajstić information content (AvgIpc) is 3.05. The first-order valence-corrected chi connectivity index (χ1v) is 11.0. The van der Waals surface area contributed by atoms with E-state index in [1.54, 1.807) is 11.3 Å². The minimum atomic E-state index is -0.593. The molecular weight excluding hydrogens is 388 g/mol. The molecule has 0 saturated heterocycles. The number of nitrogens with zero attached hydrogens (tertiary/aromatic N) is 2. The van der Waals surface area contributed by atoms with Crippen LogP contribution in [0.3, 0.4) is 0 Å². The van der Waals surface area contributed by atoms with Gasteiger partial charge in [-0.25, -0.2) is 4.98 Å². The molecule has 0 radical (unpaired) electrons. The highest BCUT2D eigenvalue weighted by Crippen LogP contribution is 2.39. The van der Waals surface area contributed by atoms with Crippen molar-refractivity contribution in [2.45, 2.75) is 59.5 Å². The van der Waals surface area contributed by atoms with Crippen LogP contribution < -0.4 is 9.64 Å². The van der Waals surface area contributed by atoms with Crippen molar-refractivity contribution >= 4 is 28.9 Å². The third kappa shape index (κ3) is 4.78. The minimum Gasteiger partial charge on any atom is -0.478 e. The summed E-state index contributed by atoms with van der Waals surface area (Å²) < 4.78 is 11.2. The normalized spacial score (nSPS) is 15.8. The van der Waals surface area contributed by atoms with E-state index in [9.17, 15) is 9.59 Å². The zero-order valence-electron chi connectivity index (χ0n) is 17.5. The van der Waals surface area contributed by atoms with Crippen LogP contribution in [0.1, 0.15) is 49.4 Å². The van der Waals surface area contributed by atoms with Crippen LogP contribution in [0.4, 0.5) is 5.69 Å². The van der Waals surface area contributed by atoms with E-state index in [0.717, 1.165) is 40.4 Å². The maximum Gasteiger partial charge on any atom is 0.326 e. The largest absolute Gasteiger partial charge is 0.478 e. The molecule has 1 aliphatic heterocycles. The van der Waals surface area contributed by atoms with E-state index in [2.05, 4.69) is 11.9 Å². The van der Waals surface area contributed by atoms with Crippen molar-refractivity contribution in [2.24, 2.45) is 0 Å². The number of amides is 1. The van der Waals surface area contributed by atoms with Crippen molar-refractivity contribution < 1.29 is 19.1 Å². The number of hydrogen-bond acceptors (Lipinski definition) is 6. The minimum absolute atomic E-state index is 0.115. The van der Waals surface area contributed by atoms with E-state index in [1.165, 1.54) is 4.90 Å². The molecule has 0 aliphatic carbocycles. The molecule has 0 bridgehead atoms. The molecule has 29 heavy (non-hydrogen) atoms. The highest BCUT2D eigenvalue weighted by Gasteiger charge is 2.35. The number of ether oxygens (including phenoxy) is 2. The lowest BCUT2D eigenvalue weighted by Crippen LogP contribution is -2.48. The Hall–Kier alpha value is -2.41. The monoisotopic (exact) mass is 416 g/mol. The number of esters is 1. The van der Waals surface area contributed by atoms with E-state index >= 15 is 0 Å². The summed E-state index contributed by atoms with van der Waals surface area (Å²) in [6.45, 7) is 8.26. The summed E-state index contributed by atoms with van der Waals surface area (Å²) in [7, 11) is 0. The lowest BCUT2D eigenvalue weighted by Gasteiger charge is -2.33. The number of thiazole rings is 1. The Kier molecular flexibility index (Phi) is 6.90. The Balaban J connectivity index is 1.87. The van der Waals surface area contributed by atoms with Gasteiger partial charge in [-0.2, -0.15) is 0 Å². The number of carbonyl (C=O) groups excluding carboxylic acids is 2. The Morgan fingerprint density at radius 1 is 1.28 bits per heavy atom. The van der Waals surface area contributed by atoms with Crippen molar-refractivity contribution in [3.05, 3.63) is 28.1 Å². The molecule has 3 rings (SSSR count). The zero-order valence-corrected chi connectivity index (χ0v) is 18.3. The van der Waals surface area contributed by atoms with Crippen molar-refractivity contribution in [1.82, 2.24) is 4.98 Å². The Morgan fingerprint density at radius 2 is 2.07 bits per heavy atom. The van der Waals surface area contributed by atoms with E-state index in [4.69, 9.17) is 9.47 Å². The van der Waals surface area contributed by atoms with Crippen molar-refractivity contribution in [3.8, 4) is 17.0 Å². The quantitative estimate of drug-likeness (QED) is 0.462. The fourth-order valence-corrected chi connectivity index (χ4v) is 4.24. The number of aromatic nitrogens is 1. The zero-order chi connectivity index (χ0) is 21.0. The molecule has 1 amide bonds. The van der Waals surface area contributed by atoms with Crippen molar-refractivity contribution in [1.29, 1.82) is 0 Å². The fraction of sp³-hybridized carbons (Fsp3) is 0.500. The predicted molar refractivity (Wildman–Crippen MR) is 115 cm³/mol. The van der Waals surface area contributed by atoms with Crippen LogP contribution in [-0.4, -0.2) is 36.1 Å². The molecule has 0 saturated carbocycles. The number of benzene rings is 1. The summed E-state index contributed by atoms with van der Waals surface area (Å²) in [5.41, 5.74) is 2.38. The summed E-state index contributed by atoms with van der Waals surface area (Å²) in [4.78, 5) is 32.5. The molecule has 6 nitrogen and oxygen atoms in total. The van der Waals surface area contributed by atoms with Crippen LogP contribution in [0.5, 0.6) is 5.75 Å². The van der Waals surface area contributed by atoms with Crippen LogP contribution in [-0.2, 0) is 14.3 Å². The van der Waals surface area contributed by atoms with Gasteiger partial charge in [-0.05, 0) is 44.9 Å². The van der Waals surface area contributed by atoms with E-state index < -0.39 is 12.1 Å². The number of carbonyl (C=O) groups is 2. The molecule has 1 atom stereocenters. The number of rotatable bonds is 8. The van der Waals surface area contributed by atoms with Gasteiger partial charge in [0.2, 0.25) is 0 Å². The topological polar surface area (TPSA) is 68.7 Å². The number of aryl methyl sites for hydroxylation is 2. The van der Waals surface area contributed by atoms with Gasteiger partial charge in [0.15, 0.2) is 6.10 Å². The van der Waals surface area contributed by atoms with Crippen LogP contribution >= 0.6 is 11.3 Å². The summed E-state index contributed by atoms with van der Waals surface area (Å²) in [5, 5.41) is 0.987. The summed E-state index contributed by atoms with van der Waals surface area (Å²) >= 11 is 1.63. The SMILES string of the molecule is CCCCCOC(=O)CN1C(=O)C(CC)Oc2ccc(-c3nc(C)sc3C)cc21. The maximum absolute atomic E-state index is 12.9. The molecule has 2 aromatic rings. The highest BCUT2D eigenvalue weighted by atomic mass is 32.1. The maximum atomic E-state index is 12.9. The first-order valence-electron chi connectivity index (χ1n) is 10.2. The van der Waals surface area contributed by atoms with Gasteiger partial charge in [-0.1, -0.05) is 26.7 Å². The molecule has 1 aromatic heterocycles. The first kappa shape index (κ1) is 21.3. The molecule has 0 spiro atoms. The van der Waals surface area contributed by atoms with Gasteiger partial charge in [0, 0.05) is 10.4 Å². The average molecular weight is 417 g/mol. The second kappa shape index (κ2) is 9.39. The third-order valence-corrected chi connectivity index (χ3v) is 5.79. The summed E-state index contributed by atoms with van der Waals surface area (Å²) in [6.07, 6.45) is 2.85. The van der Waals surface area contributed by atoms with Gasteiger partial charge in [0.1, 0.15) is 12.3 Å². The molecule has 1 aromatic carbocycles. The molecule has 0 fully saturated rings. The fourth-order valence-electron chi connectivity index (χ4n) is 3.40. The number of hydrogen-bond donors (Lipinski definition) is 0. The van der Waals surface area contributed by atoms with E-state index in [-0.39, 0.29) is 12.5 Å². The molecule has 0 N–H and O–H groups in total. The summed E-state index contributed by atoms with van der Waals surface area (Å²) in [6, 6.07) is 5.68. The molecule has 2 heterocycles. The Labute approximate surface area is 175 Å². The smallest absolute Gasteiger partial charge is 0.326 e. The molecule has 7 heteroatoms. The van der Waals surface area contributed by atoms with Crippen molar-refractivity contribution in [2.75, 3.05) is 18.1 Å². The Bertz CT molecular complexity index is 893. The molecule has 1 unspecified atom stereocenters. The van der Waals surface area contributed by atoms with Gasteiger partial charge < -0.3 is 9.47 Å². The van der Waals surface area contributed by atoms with E-state index in [0.29, 0.717) is 24.5 Å².